The number of amides is 1. The lowest BCUT2D eigenvalue weighted by molar-refractivity contribution is 0.0169. The van der Waals surface area contributed by atoms with E-state index in [1.807, 2.05) is 5.38 Å². The number of nitrogens with two attached hydrogens (primary N) is 1. The van der Waals surface area contributed by atoms with Gasteiger partial charge in [0.05, 0.1) is 23.1 Å². The van der Waals surface area contributed by atoms with Crippen LogP contribution in [0.3, 0.4) is 0 Å². The Morgan fingerprint density at radius 3 is 3.21 bits per heavy atom. The first-order chi connectivity index (χ1) is 9.29. The van der Waals surface area contributed by atoms with Crippen LogP contribution in [0.4, 0.5) is 0 Å². The smallest absolute Gasteiger partial charge is 0.252 e. The number of rotatable bonds is 3. The van der Waals surface area contributed by atoms with Crippen LogP contribution in [0.2, 0.25) is 0 Å². The van der Waals surface area contributed by atoms with Crippen molar-refractivity contribution in [3.05, 3.63) is 21.9 Å². The van der Waals surface area contributed by atoms with Crippen molar-refractivity contribution in [3.63, 3.8) is 0 Å². The monoisotopic (exact) mass is 278 g/mol. The van der Waals surface area contributed by atoms with Crippen LogP contribution in [0.5, 0.6) is 0 Å². The van der Waals surface area contributed by atoms with Gasteiger partial charge >= 0.3 is 0 Å². The van der Waals surface area contributed by atoms with Gasteiger partial charge < -0.3 is 15.8 Å². The van der Waals surface area contributed by atoms with E-state index in [2.05, 4.69) is 17.2 Å². The number of nitrogens with one attached hydrogen (secondary N) is 1. The fraction of sp³-hybridized carbons (Fsp3) is 0.500. The maximum atomic E-state index is 11.9. The van der Waals surface area contributed by atoms with Crippen LogP contribution in [0.25, 0.3) is 0 Å². The molecule has 1 saturated heterocycles. The van der Waals surface area contributed by atoms with Gasteiger partial charge in [0.25, 0.3) is 5.91 Å². The average Bonchev–Trinajstić information content (AvgIpc) is 2.92. The lowest BCUT2D eigenvalue weighted by Crippen LogP contribution is -2.35. The van der Waals surface area contributed by atoms with Crippen molar-refractivity contribution in [2.24, 2.45) is 5.73 Å². The minimum Gasteiger partial charge on any atom is -0.376 e. The average molecular weight is 278 g/mol. The van der Waals surface area contributed by atoms with Crippen LogP contribution in [-0.2, 0) is 4.74 Å². The molecule has 1 aromatic heterocycles. The van der Waals surface area contributed by atoms with E-state index in [0.29, 0.717) is 18.7 Å². The highest BCUT2D eigenvalue weighted by atomic mass is 32.1. The molecule has 2 rings (SSSR count). The summed E-state index contributed by atoms with van der Waals surface area (Å²) in [6, 6.07) is 1.80. The molecule has 1 fully saturated rings. The van der Waals surface area contributed by atoms with Gasteiger partial charge in [-0.1, -0.05) is 11.8 Å². The van der Waals surface area contributed by atoms with Crippen molar-refractivity contribution < 1.29 is 9.53 Å². The second kappa shape index (κ2) is 7.29. The number of hydrogen-bond acceptors (Lipinski definition) is 4. The Morgan fingerprint density at radius 2 is 2.47 bits per heavy atom. The molecule has 0 saturated carbocycles. The standard InChI is InChI=1S/C14H18N2O2S/c15-6-3-5-13-8-11(10-19-13)14(17)16-9-12-4-1-2-7-18-12/h8,10,12H,1-2,4,6-7,9,15H2,(H,16,17). The van der Waals surface area contributed by atoms with Gasteiger partial charge in [-0.25, -0.2) is 0 Å². The summed E-state index contributed by atoms with van der Waals surface area (Å²) in [6.45, 7) is 1.72. The van der Waals surface area contributed by atoms with Gasteiger partial charge in [-0.15, -0.1) is 11.3 Å². The highest BCUT2D eigenvalue weighted by Gasteiger charge is 2.15. The van der Waals surface area contributed by atoms with Gasteiger partial charge in [-0.2, -0.15) is 0 Å². The Bertz CT molecular complexity index is 481. The third kappa shape index (κ3) is 4.35. The predicted octanol–water partition coefficient (Wildman–Crippen LogP) is 1.36. The molecule has 5 heteroatoms. The maximum Gasteiger partial charge on any atom is 0.252 e. The summed E-state index contributed by atoms with van der Waals surface area (Å²) in [5.74, 6) is 5.64. The molecule has 0 spiro atoms. The van der Waals surface area contributed by atoms with Crippen molar-refractivity contribution in [1.82, 2.24) is 5.32 Å². The maximum absolute atomic E-state index is 11.9. The zero-order chi connectivity index (χ0) is 13.5. The number of hydrogen-bond donors (Lipinski definition) is 2. The largest absolute Gasteiger partial charge is 0.376 e. The molecule has 0 aliphatic carbocycles. The molecule has 0 bridgehead atoms. The van der Waals surface area contributed by atoms with Crippen LogP contribution in [0.1, 0.15) is 34.5 Å². The zero-order valence-electron chi connectivity index (χ0n) is 10.8. The van der Waals surface area contributed by atoms with Gasteiger partial charge in [0.1, 0.15) is 0 Å². The van der Waals surface area contributed by atoms with E-state index in [9.17, 15) is 4.79 Å². The minimum absolute atomic E-state index is 0.0637. The van der Waals surface area contributed by atoms with E-state index >= 15 is 0 Å². The quantitative estimate of drug-likeness (QED) is 0.821. The fourth-order valence-electron chi connectivity index (χ4n) is 1.94. The third-order valence-corrected chi connectivity index (χ3v) is 3.79. The summed E-state index contributed by atoms with van der Waals surface area (Å²) in [4.78, 5) is 12.8. The molecule has 1 aromatic rings. The number of carbonyl (C=O) groups is 1. The van der Waals surface area contributed by atoms with E-state index in [1.165, 1.54) is 17.8 Å². The molecule has 0 radical (unpaired) electrons. The summed E-state index contributed by atoms with van der Waals surface area (Å²) in [5, 5.41) is 4.72. The van der Waals surface area contributed by atoms with Gasteiger partial charge in [0, 0.05) is 18.5 Å². The highest BCUT2D eigenvalue weighted by molar-refractivity contribution is 7.10. The van der Waals surface area contributed by atoms with Crippen LogP contribution in [-0.4, -0.2) is 31.7 Å². The normalized spacial score (nSPS) is 18.5. The number of ether oxygens (including phenoxy) is 1. The lowest BCUT2D eigenvalue weighted by atomic mass is 10.1. The first-order valence-corrected chi connectivity index (χ1v) is 7.35. The molecule has 2 heterocycles. The first kappa shape index (κ1) is 14.1. The summed E-state index contributed by atoms with van der Waals surface area (Å²) in [7, 11) is 0. The van der Waals surface area contributed by atoms with Gasteiger partial charge in [0.2, 0.25) is 0 Å². The van der Waals surface area contributed by atoms with Crippen molar-refractivity contribution in [2.75, 3.05) is 19.7 Å². The highest BCUT2D eigenvalue weighted by Crippen LogP contribution is 2.14. The van der Waals surface area contributed by atoms with Crippen molar-refractivity contribution in [1.29, 1.82) is 0 Å². The van der Waals surface area contributed by atoms with Crippen LogP contribution in [0, 0.1) is 11.8 Å². The third-order valence-electron chi connectivity index (χ3n) is 2.94. The molecular formula is C14H18N2O2S. The molecule has 3 N–H and O–H groups in total. The summed E-state index contributed by atoms with van der Waals surface area (Å²) in [6.07, 6.45) is 3.49. The fourth-order valence-corrected chi connectivity index (χ4v) is 2.69. The molecule has 1 aliphatic rings. The Morgan fingerprint density at radius 1 is 1.58 bits per heavy atom. The number of carbonyl (C=O) groups excluding carboxylic acids is 1. The molecule has 0 aromatic carbocycles. The Hall–Kier alpha value is -1.35. The SMILES string of the molecule is NCC#Cc1cc(C(=O)NCC2CCCCO2)cs1. The Kier molecular flexibility index (Phi) is 5.40. The molecule has 1 unspecified atom stereocenters. The Balaban J connectivity index is 1.83. The van der Waals surface area contributed by atoms with E-state index in [-0.39, 0.29) is 12.0 Å². The van der Waals surface area contributed by atoms with Crippen molar-refractivity contribution in [2.45, 2.75) is 25.4 Å². The van der Waals surface area contributed by atoms with Crippen LogP contribution < -0.4 is 11.1 Å². The minimum atomic E-state index is -0.0637. The molecule has 1 amide bonds. The lowest BCUT2D eigenvalue weighted by Gasteiger charge is -2.22. The van der Waals surface area contributed by atoms with Gasteiger partial charge in [0.15, 0.2) is 0 Å². The summed E-state index contributed by atoms with van der Waals surface area (Å²) >= 11 is 1.46. The predicted molar refractivity (Wildman–Crippen MR) is 76.2 cm³/mol. The van der Waals surface area contributed by atoms with E-state index in [0.717, 1.165) is 24.3 Å². The summed E-state index contributed by atoms with van der Waals surface area (Å²) < 4.78 is 5.57. The van der Waals surface area contributed by atoms with Crippen LogP contribution >= 0.6 is 11.3 Å². The summed E-state index contributed by atoms with van der Waals surface area (Å²) in [5.41, 5.74) is 5.97. The number of thiophene rings is 1. The van der Waals surface area contributed by atoms with E-state index < -0.39 is 0 Å². The molecule has 1 aliphatic heterocycles. The van der Waals surface area contributed by atoms with E-state index in [1.54, 1.807) is 6.07 Å². The van der Waals surface area contributed by atoms with Crippen molar-refractivity contribution >= 4 is 17.2 Å². The second-order valence-corrected chi connectivity index (χ2v) is 5.32. The van der Waals surface area contributed by atoms with E-state index in [4.69, 9.17) is 10.5 Å². The van der Waals surface area contributed by atoms with Gasteiger partial charge in [-0.05, 0) is 25.3 Å². The Labute approximate surface area is 117 Å². The second-order valence-electron chi connectivity index (χ2n) is 4.40. The molecule has 19 heavy (non-hydrogen) atoms. The zero-order valence-corrected chi connectivity index (χ0v) is 11.6. The molecule has 4 nitrogen and oxygen atoms in total. The topological polar surface area (TPSA) is 64.4 Å². The van der Waals surface area contributed by atoms with Crippen LogP contribution in [0.15, 0.2) is 11.4 Å². The van der Waals surface area contributed by atoms with Crippen molar-refractivity contribution in [3.8, 4) is 11.8 Å². The molecule has 1 atom stereocenters. The van der Waals surface area contributed by atoms with Gasteiger partial charge in [-0.3, -0.25) is 4.79 Å². The first-order valence-electron chi connectivity index (χ1n) is 6.47. The molecular weight excluding hydrogens is 260 g/mol. The molecule has 102 valence electrons.